The van der Waals surface area contributed by atoms with Gasteiger partial charge in [0.05, 0.1) is 16.8 Å². The molecule has 5 heteroatoms. The second-order valence-electron chi connectivity index (χ2n) is 3.85. The second-order valence-corrected chi connectivity index (χ2v) is 4.65. The van der Waals surface area contributed by atoms with Crippen LogP contribution in [-0.2, 0) is 11.3 Å². The van der Waals surface area contributed by atoms with Crippen LogP contribution in [0.1, 0.15) is 19.4 Å². The third-order valence-electron chi connectivity index (χ3n) is 2.79. The number of hydrogen-bond acceptors (Lipinski definition) is 3. The van der Waals surface area contributed by atoms with Crippen LogP contribution in [0.5, 0.6) is 0 Å². The van der Waals surface area contributed by atoms with Crippen LogP contribution in [0, 0.1) is 5.82 Å². The molecule has 0 aliphatic heterocycles. The van der Waals surface area contributed by atoms with Gasteiger partial charge in [-0.15, -0.1) is 0 Å². The molecule has 0 heterocycles. The molecule has 0 aliphatic carbocycles. The molecule has 2 N–H and O–H groups in total. The molecule has 0 bridgehead atoms. The standard InChI is InChI=1S/C13H20BrFN2O/c1-3-17(7-8-18-4-2)11-6-5-10(9-16)12(14)13(11)15/h5-6H,3-4,7-9,16H2,1-2H3. The second kappa shape index (κ2) is 7.71. The molecule has 0 fully saturated rings. The molecular weight excluding hydrogens is 299 g/mol. The summed E-state index contributed by atoms with van der Waals surface area (Å²) in [5.41, 5.74) is 6.91. The normalized spacial score (nSPS) is 10.7. The monoisotopic (exact) mass is 318 g/mol. The molecule has 18 heavy (non-hydrogen) atoms. The van der Waals surface area contributed by atoms with Gasteiger partial charge in [0.25, 0.3) is 0 Å². The summed E-state index contributed by atoms with van der Waals surface area (Å²) in [4.78, 5) is 1.95. The van der Waals surface area contributed by atoms with Crippen LogP contribution in [0.2, 0.25) is 0 Å². The molecule has 3 nitrogen and oxygen atoms in total. The molecule has 0 atom stereocenters. The summed E-state index contributed by atoms with van der Waals surface area (Å²) < 4.78 is 20.0. The van der Waals surface area contributed by atoms with Gasteiger partial charge in [-0.05, 0) is 41.4 Å². The number of anilines is 1. The molecule has 0 aromatic heterocycles. The highest BCUT2D eigenvalue weighted by Crippen LogP contribution is 2.29. The van der Waals surface area contributed by atoms with Crippen molar-refractivity contribution in [1.82, 2.24) is 0 Å². The van der Waals surface area contributed by atoms with Gasteiger partial charge in [-0.1, -0.05) is 6.07 Å². The van der Waals surface area contributed by atoms with E-state index in [1.165, 1.54) is 0 Å². The fourth-order valence-electron chi connectivity index (χ4n) is 1.75. The van der Waals surface area contributed by atoms with E-state index in [4.69, 9.17) is 10.5 Å². The van der Waals surface area contributed by atoms with Crippen molar-refractivity contribution in [3.8, 4) is 0 Å². The zero-order chi connectivity index (χ0) is 13.5. The van der Waals surface area contributed by atoms with Crippen LogP contribution in [0.15, 0.2) is 16.6 Å². The predicted molar refractivity (Wildman–Crippen MR) is 76.4 cm³/mol. The van der Waals surface area contributed by atoms with Crippen molar-refractivity contribution in [2.45, 2.75) is 20.4 Å². The Morgan fingerprint density at radius 3 is 2.67 bits per heavy atom. The van der Waals surface area contributed by atoms with Gasteiger partial charge in [-0.3, -0.25) is 0 Å². The van der Waals surface area contributed by atoms with Gasteiger partial charge in [0.2, 0.25) is 0 Å². The Kier molecular flexibility index (Phi) is 6.60. The lowest BCUT2D eigenvalue weighted by Gasteiger charge is -2.24. The van der Waals surface area contributed by atoms with E-state index in [0.717, 1.165) is 12.1 Å². The van der Waals surface area contributed by atoms with E-state index < -0.39 is 0 Å². The number of nitrogens with zero attached hydrogens (tertiary/aromatic N) is 1. The number of benzene rings is 1. The number of nitrogens with two attached hydrogens (primary N) is 1. The van der Waals surface area contributed by atoms with Crippen molar-refractivity contribution in [2.75, 3.05) is 31.2 Å². The van der Waals surface area contributed by atoms with E-state index in [1.807, 2.05) is 24.8 Å². The van der Waals surface area contributed by atoms with Gasteiger partial charge < -0.3 is 15.4 Å². The van der Waals surface area contributed by atoms with Gasteiger partial charge in [0, 0.05) is 26.2 Å². The SMILES string of the molecule is CCOCCN(CC)c1ccc(CN)c(Br)c1F. The fourth-order valence-corrected chi connectivity index (χ4v) is 2.25. The summed E-state index contributed by atoms with van der Waals surface area (Å²) in [6.45, 7) is 6.95. The summed E-state index contributed by atoms with van der Waals surface area (Å²) in [5, 5.41) is 0. The fraction of sp³-hybridized carbons (Fsp3) is 0.538. The zero-order valence-electron chi connectivity index (χ0n) is 10.9. The van der Waals surface area contributed by atoms with Crippen LogP contribution in [0.3, 0.4) is 0 Å². The van der Waals surface area contributed by atoms with E-state index in [9.17, 15) is 4.39 Å². The molecule has 1 aromatic rings. The van der Waals surface area contributed by atoms with Crippen molar-refractivity contribution >= 4 is 21.6 Å². The minimum absolute atomic E-state index is 0.253. The number of ether oxygens (including phenoxy) is 1. The summed E-state index contributed by atoms with van der Waals surface area (Å²) >= 11 is 3.26. The zero-order valence-corrected chi connectivity index (χ0v) is 12.5. The first kappa shape index (κ1) is 15.4. The minimum atomic E-state index is -0.253. The first-order valence-corrected chi connectivity index (χ1v) is 6.94. The van der Waals surface area contributed by atoms with E-state index in [-0.39, 0.29) is 5.82 Å². The maximum Gasteiger partial charge on any atom is 0.160 e. The third kappa shape index (κ3) is 3.67. The predicted octanol–water partition coefficient (Wildman–Crippen LogP) is 2.91. The van der Waals surface area contributed by atoms with E-state index in [1.54, 1.807) is 6.07 Å². The Morgan fingerprint density at radius 2 is 2.11 bits per heavy atom. The van der Waals surface area contributed by atoms with E-state index >= 15 is 0 Å². The smallest absolute Gasteiger partial charge is 0.160 e. The molecule has 1 aromatic carbocycles. The first-order valence-electron chi connectivity index (χ1n) is 6.15. The molecule has 0 saturated heterocycles. The van der Waals surface area contributed by atoms with E-state index in [2.05, 4.69) is 15.9 Å². The van der Waals surface area contributed by atoms with Crippen molar-refractivity contribution in [3.05, 3.63) is 28.0 Å². The molecule has 0 spiro atoms. The highest BCUT2D eigenvalue weighted by molar-refractivity contribution is 9.10. The first-order chi connectivity index (χ1) is 8.65. The number of hydrogen-bond donors (Lipinski definition) is 1. The van der Waals surface area contributed by atoms with Crippen molar-refractivity contribution in [2.24, 2.45) is 5.73 Å². The Hall–Kier alpha value is -0.650. The third-order valence-corrected chi connectivity index (χ3v) is 3.65. The molecule has 102 valence electrons. The van der Waals surface area contributed by atoms with Crippen LogP contribution in [0.25, 0.3) is 0 Å². The molecule has 0 unspecified atom stereocenters. The van der Waals surface area contributed by atoms with Crippen molar-refractivity contribution in [1.29, 1.82) is 0 Å². The van der Waals surface area contributed by atoms with Crippen LogP contribution in [0.4, 0.5) is 10.1 Å². The lowest BCUT2D eigenvalue weighted by molar-refractivity contribution is 0.154. The topological polar surface area (TPSA) is 38.5 Å². The molecule has 1 rings (SSSR count). The minimum Gasteiger partial charge on any atom is -0.380 e. The van der Waals surface area contributed by atoms with Gasteiger partial charge in [-0.25, -0.2) is 4.39 Å². The molecule has 0 amide bonds. The summed E-state index contributed by atoms with van der Waals surface area (Å²) in [5.74, 6) is -0.253. The van der Waals surface area contributed by atoms with Gasteiger partial charge >= 0.3 is 0 Å². The summed E-state index contributed by atoms with van der Waals surface area (Å²) in [6, 6.07) is 3.63. The van der Waals surface area contributed by atoms with Gasteiger partial charge in [-0.2, -0.15) is 0 Å². The Labute approximate surface area is 116 Å². The number of halogens is 2. The molecule has 0 radical (unpaired) electrons. The number of rotatable bonds is 7. The summed E-state index contributed by atoms with van der Waals surface area (Å²) in [6.07, 6.45) is 0. The lowest BCUT2D eigenvalue weighted by Crippen LogP contribution is -2.28. The van der Waals surface area contributed by atoms with Gasteiger partial charge in [0.1, 0.15) is 0 Å². The van der Waals surface area contributed by atoms with Crippen LogP contribution >= 0.6 is 15.9 Å². The van der Waals surface area contributed by atoms with Crippen molar-refractivity contribution < 1.29 is 9.13 Å². The summed E-state index contributed by atoms with van der Waals surface area (Å²) in [7, 11) is 0. The molecular formula is C13H20BrFN2O. The molecule has 0 aliphatic rings. The Balaban J connectivity index is 2.89. The lowest BCUT2D eigenvalue weighted by atomic mass is 10.2. The number of likely N-dealkylation sites (N-methyl/N-ethyl adjacent to an activating group) is 1. The van der Waals surface area contributed by atoms with Crippen molar-refractivity contribution in [3.63, 3.8) is 0 Å². The average Bonchev–Trinajstić information content (AvgIpc) is 2.39. The highest BCUT2D eigenvalue weighted by Gasteiger charge is 2.14. The van der Waals surface area contributed by atoms with Crippen LogP contribution in [-0.4, -0.2) is 26.3 Å². The maximum atomic E-state index is 14.2. The average molecular weight is 319 g/mol. The van der Waals surface area contributed by atoms with Gasteiger partial charge in [0.15, 0.2) is 5.82 Å². The molecule has 0 saturated carbocycles. The van der Waals surface area contributed by atoms with Crippen LogP contribution < -0.4 is 10.6 Å². The maximum absolute atomic E-state index is 14.2. The van der Waals surface area contributed by atoms with E-state index in [0.29, 0.717) is 36.5 Å². The highest BCUT2D eigenvalue weighted by atomic mass is 79.9. The Morgan fingerprint density at radius 1 is 1.39 bits per heavy atom. The Bertz CT molecular complexity index is 387. The largest absolute Gasteiger partial charge is 0.380 e. The quantitative estimate of drug-likeness (QED) is 0.786.